The third-order valence-corrected chi connectivity index (χ3v) is 3.62. The van der Waals surface area contributed by atoms with Crippen LogP contribution in [0, 0.1) is 0 Å². The first-order valence-electron chi connectivity index (χ1n) is 4.98. The van der Waals surface area contributed by atoms with E-state index in [4.69, 9.17) is 10.5 Å². The molecule has 1 aromatic heterocycles. The second-order valence-corrected chi connectivity index (χ2v) is 5.18. The lowest BCUT2D eigenvalue weighted by Gasteiger charge is -2.09. The van der Waals surface area contributed by atoms with Gasteiger partial charge >= 0.3 is 0 Å². The van der Waals surface area contributed by atoms with Crippen LogP contribution < -0.4 is 15.2 Å². The van der Waals surface area contributed by atoms with Crippen molar-refractivity contribution in [3.05, 3.63) is 30.6 Å². The minimum absolute atomic E-state index is 0.0540. The van der Waals surface area contributed by atoms with Crippen LogP contribution in [0.3, 0.4) is 0 Å². The van der Waals surface area contributed by atoms with Gasteiger partial charge in [-0.25, -0.2) is 8.42 Å². The van der Waals surface area contributed by atoms with Gasteiger partial charge in [-0.3, -0.25) is 9.82 Å². The van der Waals surface area contributed by atoms with E-state index in [9.17, 15) is 8.42 Å². The van der Waals surface area contributed by atoms with E-state index < -0.39 is 10.0 Å². The maximum atomic E-state index is 11.9. The Morgan fingerprint density at radius 1 is 1.44 bits per heavy atom. The van der Waals surface area contributed by atoms with Crippen LogP contribution >= 0.6 is 0 Å². The SMILES string of the molecule is COc1cc(NS(=O)(=O)c2cn[nH]c2)ccc1N. The highest BCUT2D eigenvalue weighted by Gasteiger charge is 2.15. The minimum Gasteiger partial charge on any atom is -0.495 e. The molecular weight excluding hydrogens is 256 g/mol. The predicted molar refractivity (Wildman–Crippen MR) is 66.8 cm³/mol. The van der Waals surface area contributed by atoms with Crippen molar-refractivity contribution in [3.63, 3.8) is 0 Å². The van der Waals surface area contributed by atoms with E-state index in [0.29, 0.717) is 17.1 Å². The van der Waals surface area contributed by atoms with Crippen molar-refractivity contribution < 1.29 is 13.2 Å². The van der Waals surface area contributed by atoms with Gasteiger partial charge in [-0.2, -0.15) is 5.10 Å². The number of nitrogens with one attached hydrogen (secondary N) is 2. The van der Waals surface area contributed by atoms with Crippen LogP contribution in [0.2, 0.25) is 0 Å². The number of aromatic nitrogens is 2. The van der Waals surface area contributed by atoms with Crippen molar-refractivity contribution in [3.8, 4) is 5.75 Å². The van der Waals surface area contributed by atoms with E-state index in [1.165, 1.54) is 25.6 Å². The van der Waals surface area contributed by atoms with Gasteiger partial charge in [0, 0.05) is 12.3 Å². The van der Waals surface area contributed by atoms with E-state index in [-0.39, 0.29) is 4.90 Å². The van der Waals surface area contributed by atoms with E-state index in [0.717, 1.165) is 0 Å². The van der Waals surface area contributed by atoms with Crippen molar-refractivity contribution in [2.24, 2.45) is 0 Å². The average Bonchev–Trinajstić information content (AvgIpc) is 2.85. The molecule has 0 aliphatic rings. The Balaban J connectivity index is 2.30. The highest BCUT2D eigenvalue weighted by molar-refractivity contribution is 7.92. The van der Waals surface area contributed by atoms with Crippen LogP contribution in [0.4, 0.5) is 11.4 Å². The molecule has 0 saturated heterocycles. The third-order valence-electron chi connectivity index (χ3n) is 2.27. The first-order chi connectivity index (χ1) is 8.53. The van der Waals surface area contributed by atoms with Gasteiger partial charge < -0.3 is 10.5 Å². The molecule has 0 spiro atoms. The number of sulfonamides is 1. The summed E-state index contributed by atoms with van der Waals surface area (Å²) in [5.41, 5.74) is 6.44. The maximum Gasteiger partial charge on any atom is 0.265 e. The highest BCUT2D eigenvalue weighted by Crippen LogP contribution is 2.26. The van der Waals surface area contributed by atoms with Crippen molar-refractivity contribution in [1.82, 2.24) is 10.2 Å². The summed E-state index contributed by atoms with van der Waals surface area (Å²) < 4.78 is 31.2. The Bertz CT molecular complexity index is 637. The van der Waals surface area contributed by atoms with Gasteiger partial charge in [-0.05, 0) is 12.1 Å². The van der Waals surface area contributed by atoms with Gasteiger partial charge in [0.25, 0.3) is 10.0 Å². The van der Waals surface area contributed by atoms with Crippen LogP contribution in [-0.2, 0) is 10.0 Å². The predicted octanol–water partition coefficient (Wildman–Crippen LogP) is 0.801. The number of ether oxygens (including phenoxy) is 1. The number of benzene rings is 1. The number of nitrogens with zero attached hydrogens (tertiary/aromatic N) is 1. The molecule has 18 heavy (non-hydrogen) atoms. The minimum atomic E-state index is -3.65. The molecule has 0 amide bonds. The standard InChI is InChI=1S/C10H12N4O3S/c1-17-10-4-7(2-3-9(10)11)14-18(15,16)8-5-12-13-6-8/h2-6,14H,11H2,1H3,(H,12,13). The lowest BCUT2D eigenvalue weighted by Crippen LogP contribution is -2.12. The summed E-state index contributed by atoms with van der Waals surface area (Å²) >= 11 is 0. The second kappa shape index (κ2) is 4.57. The number of anilines is 2. The molecule has 2 aromatic rings. The summed E-state index contributed by atoms with van der Waals surface area (Å²) in [7, 11) is -2.19. The zero-order valence-electron chi connectivity index (χ0n) is 9.54. The summed E-state index contributed by atoms with van der Waals surface area (Å²) in [5.74, 6) is 0.405. The molecule has 0 saturated carbocycles. The molecule has 0 fully saturated rings. The van der Waals surface area contributed by atoms with Gasteiger partial charge in [0.2, 0.25) is 0 Å². The van der Waals surface area contributed by atoms with Crippen LogP contribution in [0.5, 0.6) is 5.75 Å². The van der Waals surface area contributed by atoms with Gasteiger partial charge in [-0.15, -0.1) is 0 Å². The first kappa shape index (κ1) is 12.2. The Morgan fingerprint density at radius 3 is 2.83 bits per heavy atom. The molecule has 7 nitrogen and oxygen atoms in total. The van der Waals surface area contributed by atoms with Crippen molar-refractivity contribution in [2.45, 2.75) is 4.90 Å². The van der Waals surface area contributed by atoms with Crippen LogP contribution in [-0.4, -0.2) is 25.7 Å². The quantitative estimate of drug-likeness (QED) is 0.710. The summed E-state index contributed by atoms with van der Waals surface area (Å²) in [6.45, 7) is 0. The molecule has 96 valence electrons. The largest absolute Gasteiger partial charge is 0.495 e. The van der Waals surface area contributed by atoms with Gasteiger partial charge in [0.1, 0.15) is 10.6 Å². The smallest absolute Gasteiger partial charge is 0.265 e. The maximum absolute atomic E-state index is 11.9. The topological polar surface area (TPSA) is 110 Å². The zero-order valence-corrected chi connectivity index (χ0v) is 10.4. The average molecular weight is 268 g/mol. The molecule has 0 bridgehead atoms. The third kappa shape index (κ3) is 2.38. The van der Waals surface area contributed by atoms with Crippen LogP contribution in [0.25, 0.3) is 0 Å². The first-order valence-corrected chi connectivity index (χ1v) is 6.46. The van der Waals surface area contributed by atoms with Crippen LogP contribution in [0.15, 0.2) is 35.5 Å². The number of methoxy groups -OCH3 is 1. The van der Waals surface area contributed by atoms with E-state index in [1.807, 2.05) is 0 Å². The van der Waals surface area contributed by atoms with Crippen LogP contribution in [0.1, 0.15) is 0 Å². The Kier molecular flexibility index (Phi) is 3.11. The number of hydrogen-bond donors (Lipinski definition) is 3. The van der Waals surface area contributed by atoms with Gasteiger partial charge in [-0.1, -0.05) is 0 Å². The number of aromatic amines is 1. The van der Waals surface area contributed by atoms with E-state index >= 15 is 0 Å². The van der Waals surface area contributed by atoms with Crippen molar-refractivity contribution >= 4 is 21.4 Å². The summed E-state index contributed by atoms with van der Waals surface area (Å²) in [5, 5.41) is 6.03. The molecule has 0 aliphatic heterocycles. The van der Waals surface area contributed by atoms with E-state index in [2.05, 4.69) is 14.9 Å². The fourth-order valence-electron chi connectivity index (χ4n) is 1.37. The molecule has 0 radical (unpaired) electrons. The molecule has 4 N–H and O–H groups in total. The molecule has 0 atom stereocenters. The van der Waals surface area contributed by atoms with Gasteiger partial charge in [0.15, 0.2) is 0 Å². The number of hydrogen-bond acceptors (Lipinski definition) is 5. The lowest BCUT2D eigenvalue weighted by atomic mass is 10.3. The van der Waals surface area contributed by atoms with E-state index in [1.54, 1.807) is 12.1 Å². The fraction of sp³-hybridized carbons (Fsp3) is 0.100. The lowest BCUT2D eigenvalue weighted by molar-refractivity contribution is 0.417. The molecule has 0 unspecified atom stereocenters. The number of nitrogens with two attached hydrogens (primary N) is 1. The van der Waals surface area contributed by atoms with Gasteiger partial charge in [0.05, 0.1) is 24.7 Å². The summed E-state index contributed by atoms with van der Waals surface area (Å²) in [6.07, 6.45) is 2.51. The number of H-pyrrole nitrogens is 1. The Labute approximate surface area is 104 Å². The normalized spacial score (nSPS) is 11.2. The Morgan fingerprint density at radius 2 is 2.22 bits per heavy atom. The molecule has 2 rings (SSSR count). The van der Waals surface area contributed by atoms with Crippen molar-refractivity contribution in [2.75, 3.05) is 17.6 Å². The number of rotatable bonds is 4. The highest BCUT2D eigenvalue weighted by atomic mass is 32.2. The molecule has 8 heteroatoms. The molecular formula is C10H12N4O3S. The molecule has 1 aromatic carbocycles. The van der Waals surface area contributed by atoms with Crippen molar-refractivity contribution in [1.29, 1.82) is 0 Å². The number of nitrogen functional groups attached to an aromatic ring is 1. The molecule has 0 aliphatic carbocycles. The Hall–Kier alpha value is -2.22. The monoisotopic (exact) mass is 268 g/mol. The zero-order chi connectivity index (χ0) is 13.2. The second-order valence-electron chi connectivity index (χ2n) is 3.50. The summed E-state index contributed by atoms with van der Waals surface area (Å²) in [6, 6.07) is 4.62. The fourth-order valence-corrected chi connectivity index (χ4v) is 2.33. The molecule has 1 heterocycles. The summed E-state index contributed by atoms with van der Waals surface area (Å²) in [4.78, 5) is 0.0540.